The maximum Gasteiger partial charge on any atom is 0.259 e. The molecule has 0 fully saturated rings. The standard InChI is InChI=1S/C20H18BrN3O2/c1-26-19-10-9-16(21)11-15(19)12-23-24-20(25)13-22-18-8-4-6-14-5-2-3-7-17(14)18/h2-12,22H,13H2,1H3,(H,24,25)/b23-12+. The average molecular weight is 412 g/mol. The van der Waals surface area contributed by atoms with Crippen LogP contribution in [0.5, 0.6) is 5.75 Å². The lowest BCUT2D eigenvalue weighted by Gasteiger charge is -2.09. The number of ether oxygens (including phenoxy) is 1. The Morgan fingerprint density at radius 2 is 1.96 bits per heavy atom. The van der Waals surface area contributed by atoms with Crippen LogP contribution < -0.4 is 15.5 Å². The average Bonchev–Trinajstić information content (AvgIpc) is 2.66. The first-order chi connectivity index (χ1) is 12.7. The van der Waals surface area contributed by atoms with Crippen LogP contribution in [0.4, 0.5) is 5.69 Å². The van der Waals surface area contributed by atoms with Crippen molar-refractivity contribution in [2.24, 2.45) is 5.10 Å². The highest BCUT2D eigenvalue weighted by Crippen LogP contribution is 2.23. The first kappa shape index (κ1) is 17.9. The van der Waals surface area contributed by atoms with Crippen LogP contribution in [0.25, 0.3) is 10.8 Å². The molecule has 1 amide bonds. The number of methoxy groups -OCH3 is 1. The summed E-state index contributed by atoms with van der Waals surface area (Å²) in [6.45, 7) is 0.126. The molecule has 3 aromatic rings. The van der Waals surface area contributed by atoms with Gasteiger partial charge >= 0.3 is 0 Å². The molecule has 3 aromatic carbocycles. The van der Waals surface area contributed by atoms with Gasteiger partial charge in [-0.15, -0.1) is 0 Å². The van der Waals surface area contributed by atoms with E-state index in [0.717, 1.165) is 26.5 Å². The largest absolute Gasteiger partial charge is 0.496 e. The van der Waals surface area contributed by atoms with Crippen molar-refractivity contribution in [3.63, 3.8) is 0 Å². The molecule has 0 radical (unpaired) electrons. The summed E-state index contributed by atoms with van der Waals surface area (Å²) >= 11 is 3.40. The van der Waals surface area contributed by atoms with Crippen molar-refractivity contribution in [2.75, 3.05) is 19.0 Å². The first-order valence-electron chi connectivity index (χ1n) is 8.04. The van der Waals surface area contributed by atoms with E-state index in [1.165, 1.54) is 0 Å². The fourth-order valence-corrected chi connectivity index (χ4v) is 2.95. The van der Waals surface area contributed by atoms with Gasteiger partial charge < -0.3 is 10.1 Å². The highest BCUT2D eigenvalue weighted by atomic mass is 79.9. The summed E-state index contributed by atoms with van der Waals surface area (Å²) in [5, 5.41) is 9.35. The summed E-state index contributed by atoms with van der Waals surface area (Å²) in [4.78, 5) is 12.0. The van der Waals surface area contributed by atoms with Crippen LogP contribution in [0.2, 0.25) is 0 Å². The SMILES string of the molecule is COc1ccc(Br)cc1/C=N/NC(=O)CNc1cccc2ccccc12. The molecule has 26 heavy (non-hydrogen) atoms. The number of rotatable bonds is 6. The molecule has 0 atom stereocenters. The number of carbonyl (C=O) groups excluding carboxylic acids is 1. The second-order valence-corrected chi connectivity index (χ2v) is 6.48. The maximum atomic E-state index is 12.0. The van der Waals surface area contributed by atoms with Crippen LogP contribution in [0.15, 0.2) is 70.2 Å². The minimum atomic E-state index is -0.233. The van der Waals surface area contributed by atoms with E-state index in [1.807, 2.05) is 60.7 Å². The van der Waals surface area contributed by atoms with Crippen molar-refractivity contribution in [3.05, 3.63) is 70.7 Å². The maximum absolute atomic E-state index is 12.0. The lowest BCUT2D eigenvalue weighted by atomic mass is 10.1. The molecule has 0 aliphatic rings. The van der Waals surface area contributed by atoms with Gasteiger partial charge in [-0.25, -0.2) is 5.43 Å². The molecule has 0 aromatic heterocycles. The van der Waals surface area contributed by atoms with Gasteiger partial charge in [0.05, 0.1) is 19.9 Å². The van der Waals surface area contributed by atoms with E-state index in [2.05, 4.69) is 31.8 Å². The summed E-state index contributed by atoms with van der Waals surface area (Å²) in [5.41, 5.74) is 4.20. The van der Waals surface area contributed by atoms with Gasteiger partial charge in [-0.1, -0.05) is 52.3 Å². The zero-order valence-corrected chi connectivity index (χ0v) is 15.8. The number of anilines is 1. The molecule has 5 nitrogen and oxygen atoms in total. The zero-order chi connectivity index (χ0) is 18.4. The second-order valence-electron chi connectivity index (χ2n) is 5.56. The fourth-order valence-electron chi connectivity index (χ4n) is 2.57. The second kappa shape index (κ2) is 8.49. The summed E-state index contributed by atoms with van der Waals surface area (Å²) < 4.78 is 6.17. The van der Waals surface area contributed by atoms with Gasteiger partial charge in [0.2, 0.25) is 0 Å². The van der Waals surface area contributed by atoms with E-state index in [9.17, 15) is 4.79 Å². The lowest BCUT2D eigenvalue weighted by molar-refractivity contribution is -0.119. The number of hydrazone groups is 1. The molecule has 0 aliphatic carbocycles. The molecule has 6 heteroatoms. The predicted molar refractivity (Wildman–Crippen MR) is 109 cm³/mol. The third-order valence-electron chi connectivity index (χ3n) is 3.81. The number of nitrogens with zero attached hydrogens (tertiary/aromatic N) is 1. The Labute approximate surface area is 160 Å². The van der Waals surface area contributed by atoms with E-state index < -0.39 is 0 Å². The molecule has 132 valence electrons. The van der Waals surface area contributed by atoms with Gasteiger partial charge in [0.1, 0.15) is 5.75 Å². The number of hydrogen-bond acceptors (Lipinski definition) is 4. The number of fused-ring (bicyclic) bond motifs is 1. The van der Waals surface area contributed by atoms with Crippen LogP contribution in [0, 0.1) is 0 Å². The van der Waals surface area contributed by atoms with Crippen molar-refractivity contribution >= 4 is 44.5 Å². The third-order valence-corrected chi connectivity index (χ3v) is 4.31. The van der Waals surface area contributed by atoms with Crippen molar-refractivity contribution < 1.29 is 9.53 Å². The molecule has 0 aliphatic heterocycles. The summed E-state index contributed by atoms with van der Waals surface area (Å²) in [6, 6.07) is 19.5. The first-order valence-corrected chi connectivity index (χ1v) is 8.84. The molecular weight excluding hydrogens is 394 g/mol. The smallest absolute Gasteiger partial charge is 0.259 e. The van der Waals surface area contributed by atoms with E-state index >= 15 is 0 Å². The topological polar surface area (TPSA) is 62.7 Å². The number of amides is 1. The van der Waals surface area contributed by atoms with E-state index in [0.29, 0.717) is 5.75 Å². The van der Waals surface area contributed by atoms with Gasteiger partial charge in [-0.05, 0) is 29.7 Å². The zero-order valence-electron chi connectivity index (χ0n) is 14.2. The molecule has 0 saturated carbocycles. The molecule has 0 bridgehead atoms. The third kappa shape index (κ3) is 4.40. The van der Waals surface area contributed by atoms with Gasteiger partial charge in [0, 0.05) is 21.1 Å². The Morgan fingerprint density at radius 1 is 1.15 bits per heavy atom. The van der Waals surface area contributed by atoms with Crippen LogP contribution in [0.1, 0.15) is 5.56 Å². The van der Waals surface area contributed by atoms with Crippen LogP contribution in [-0.2, 0) is 4.79 Å². The van der Waals surface area contributed by atoms with Crippen molar-refractivity contribution in [2.45, 2.75) is 0 Å². The summed E-state index contributed by atoms with van der Waals surface area (Å²) in [5.74, 6) is 0.447. The van der Waals surface area contributed by atoms with Crippen molar-refractivity contribution in [1.82, 2.24) is 5.43 Å². The highest BCUT2D eigenvalue weighted by molar-refractivity contribution is 9.10. The number of nitrogens with one attached hydrogen (secondary N) is 2. The minimum absolute atomic E-state index is 0.126. The minimum Gasteiger partial charge on any atom is -0.496 e. The van der Waals surface area contributed by atoms with Gasteiger partial charge in [-0.2, -0.15) is 5.10 Å². The Hall–Kier alpha value is -2.86. The number of carbonyl (C=O) groups is 1. The van der Waals surface area contributed by atoms with Crippen LogP contribution >= 0.6 is 15.9 Å². The molecule has 3 rings (SSSR count). The molecule has 0 unspecified atom stereocenters. The Morgan fingerprint density at radius 3 is 2.81 bits per heavy atom. The molecule has 0 saturated heterocycles. The molecule has 2 N–H and O–H groups in total. The van der Waals surface area contributed by atoms with Crippen molar-refractivity contribution in [3.8, 4) is 5.75 Å². The summed E-state index contributed by atoms with van der Waals surface area (Å²) in [7, 11) is 1.59. The van der Waals surface area contributed by atoms with E-state index in [1.54, 1.807) is 13.3 Å². The molecular formula is C20H18BrN3O2. The van der Waals surface area contributed by atoms with Gasteiger partial charge in [0.25, 0.3) is 5.91 Å². The normalized spacial score (nSPS) is 10.8. The van der Waals surface area contributed by atoms with Crippen molar-refractivity contribution in [1.29, 1.82) is 0 Å². The monoisotopic (exact) mass is 411 g/mol. The fraction of sp³-hybridized carbons (Fsp3) is 0.100. The Kier molecular flexibility index (Phi) is 5.86. The molecule has 0 heterocycles. The quantitative estimate of drug-likeness (QED) is 0.472. The predicted octanol–water partition coefficient (Wildman–Crippen LogP) is 4.17. The van der Waals surface area contributed by atoms with E-state index in [4.69, 9.17) is 4.74 Å². The van der Waals surface area contributed by atoms with E-state index in [-0.39, 0.29) is 12.5 Å². The number of benzene rings is 3. The van der Waals surface area contributed by atoms with Gasteiger partial charge in [-0.3, -0.25) is 4.79 Å². The molecule has 0 spiro atoms. The van der Waals surface area contributed by atoms with Gasteiger partial charge in [0.15, 0.2) is 0 Å². The van der Waals surface area contributed by atoms with Crippen LogP contribution in [0.3, 0.4) is 0 Å². The lowest BCUT2D eigenvalue weighted by Crippen LogP contribution is -2.25. The Balaban J connectivity index is 1.60. The van der Waals surface area contributed by atoms with Crippen LogP contribution in [-0.4, -0.2) is 25.8 Å². The summed E-state index contributed by atoms with van der Waals surface area (Å²) in [6.07, 6.45) is 1.55. The highest BCUT2D eigenvalue weighted by Gasteiger charge is 2.04. The number of halogens is 1. The Bertz CT molecular complexity index is 951. The number of hydrogen-bond donors (Lipinski definition) is 2.